The lowest BCUT2D eigenvalue weighted by atomic mass is 9.91. The van der Waals surface area contributed by atoms with Gasteiger partial charge in [-0.25, -0.2) is 0 Å². The number of nitrogens with one attached hydrogen (secondary N) is 1. The third-order valence-corrected chi connectivity index (χ3v) is 4.84. The zero-order valence-corrected chi connectivity index (χ0v) is 15.3. The fraction of sp³-hybridized carbons (Fsp3) is 0.579. The largest absolute Gasteiger partial charge is 0.497 e. The first-order valence-electron chi connectivity index (χ1n) is 8.85. The number of methoxy groups -OCH3 is 1. The van der Waals surface area contributed by atoms with Gasteiger partial charge < -0.3 is 20.7 Å². The lowest BCUT2D eigenvalue weighted by molar-refractivity contribution is -0.136. The van der Waals surface area contributed by atoms with Crippen molar-refractivity contribution in [3.8, 4) is 5.75 Å². The molecule has 1 heterocycles. The lowest BCUT2D eigenvalue weighted by Gasteiger charge is -2.38. The Morgan fingerprint density at radius 1 is 1.36 bits per heavy atom. The second-order valence-corrected chi connectivity index (χ2v) is 6.84. The second-order valence-electron chi connectivity index (χ2n) is 6.84. The van der Waals surface area contributed by atoms with Crippen molar-refractivity contribution in [1.29, 1.82) is 0 Å². The summed E-state index contributed by atoms with van der Waals surface area (Å²) < 4.78 is 5.17. The van der Waals surface area contributed by atoms with Gasteiger partial charge in [0.1, 0.15) is 5.75 Å². The number of benzene rings is 1. The van der Waals surface area contributed by atoms with Crippen molar-refractivity contribution in [3.05, 3.63) is 29.8 Å². The van der Waals surface area contributed by atoms with E-state index in [0.29, 0.717) is 12.5 Å². The summed E-state index contributed by atoms with van der Waals surface area (Å²) in [5.74, 6) is 1.21. The van der Waals surface area contributed by atoms with Crippen LogP contribution >= 0.6 is 0 Å². The van der Waals surface area contributed by atoms with Crippen LogP contribution in [0.5, 0.6) is 5.75 Å². The Morgan fingerprint density at radius 3 is 2.60 bits per heavy atom. The fourth-order valence-corrected chi connectivity index (χ4v) is 3.43. The van der Waals surface area contributed by atoms with Crippen LogP contribution in [0.4, 0.5) is 0 Å². The van der Waals surface area contributed by atoms with Crippen molar-refractivity contribution >= 4 is 11.8 Å². The smallest absolute Gasteiger partial charge is 0.225 e. The predicted molar refractivity (Wildman–Crippen MR) is 97.1 cm³/mol. The SMILES string of the molecule is COc1ccc(C(CC(=O)N2CCC(C)CC2CN)NC(C)=O)cc1. The molecule has 0 aliphatic carbocycles. The molecular formula is C19H29N3O3. The Bertz CT molecular complexity index is 588. The molecule has 0 saturated carbocycles. The molecule has 2 rings (SSSR count). The van der Waals surface area contributed by atoms with E-state index in [1.165, 1.54) is 6.92 Å². The number of hydrogen-bond acceptors (Lipinski definition) is 4. The number of carbonyl (C=O) groups is 2. The Balaban J connectivity index is 2.12. The highest BCUT2D eigenvalue weighted by atomic mass is 16.5. The highest BCUT2D eigenvalue weighted by Crippen LogP contribution is 2.26. The van der Waals surface area contributed by atoms with Gasteiger partial charge in [-0.2, -0.15) is 0 Å². The van der Waals surface area contributed by atoms with Crippen LogP contribution in [-0.4, -0.2) is 43.0 Å². The van der Waals surface area contributed by atoms with Crippen LogP contribution in [-0.2, 0) is 9.59 Å². The van der Waals surface area contributed by atoms with Gasteiger partial charge >= 0.3 is 0 Å². The van der Waals surface area contributed by atoms with Gasteiger partial charge in [0.15, 0.2) is 0 Å². The molecule has 3 unspecified atom stereocenters. The summed E-state index contributed by atoms with van der Waals surface area (Å²) in [4.78, 5) is 26.3. The Morgan fingerprint density at radius 2 is 2.04 bits per heavy atom. The third kappa shape index (κ3) is 5.19. The van der Waals surface area contributed by atoms with Gasteiger partial charge in [0, 0.05) is 26.1 Å². The summed E-state index contributed by atoms with van der Waals surface area (Å²) in [6, 6.07) is 7.16. The van der Waals surface area contributed by atoms with E-state index in [1.807, 2.05) is 29.2 Å². The number of likely N-dealkylation sites (tertiary alicyclic amines) is 1. The molecule has 1 aliphatic heterocycles. The summed E-state index contributed by atoms with van der Waals surface area (Å²) in [7, 11) is 1.61. The molecule has 1 saturated heterocycles. The number of rotatable bonds is 6. The summed E-state index contributed by atoms with van der Waals surface area (Å²) >= 11 is 0. The van der Waals surface area contributed by atoms with E-state index < -0.39 is 0 Å². The average Bonchev–Trinajstić information content (AvgIpc) is 2.60. The summed E-state index contributed by atoms with van der Waals surface area (Å²) in [6.45, 7) is 4.87. The van der Waals surface area contributed by atoms with Gasteiger partial charge in [0.05, 0.1) is 19.6 Å². The van der Waals surface area contributed by atoms with Crippen LogP contribution in [0.2, 0.25) is 0 Å². The summed E-state index contributed by atoms with van der Waals surface area (Å²) in [5, 5.41) is 2.89. The molecule has 0 spiro atoms. The number of hydrogen-bond donors (Lipinski definition) is 2. The first kappa shape index (κ1) is 19.2. The number of carbonyl (C=O) groups excluding carboxylic acids is 2. The van der Waals surface area contributed by atoms with Gasteiger partial charge in [0.2, 0.25) is 11.8 Å². The second kappa shape index (κ2) is 8.85. The van der Waals surface area contributed by atoms with Gasteiger partial charge in [-0.3, -0.25) is 9.59 Å². The van der Waals surface area contributed by atoms with Crippen LogP contribution in [0.3, 0.4) is 0 Å². The van der Waals surface area contributed by atoms with E-state index in [-0.39, 0.29) is 30.3 Å². The number of nitrogens with two attached hydrogens (primary N) is 1. The van der Waals surface area contributed by atoms with Crippen molar-refractivity contribution in [2.75, 3.05) is 20.2 Å². The van der Waals surface area contributed by atoms with E-state index in [0.717, 1.165) is 30.7 Å². The molecule has 0 bridgehead atoms. The molecule has 3 atom stereocenters. The standard InChI is InChI=1S/C19H29N3O3/c1-13-8-9-22(16(10-13)12-20)19(24)11-18(21-14(2)23)15-4-6-17(25-3)7-5-15/h4-7,13,16,18H,8-12,20H2,1-3H3,(H,21,23). The molecule has 3 N–H and O–H groups in total. The molecular weight excluding hydrogens is 318 g/mol. The van der Waals surface area contributed by atoms with Crippen LogP contribution in [0, 0.1) is 5.92 Å². The van der Waals surface area contributed by atoms with Gasteiger partial charge in [0.25, 0.3) is 0 Å². The van der Waals surface area contributed by atoms with Crippen molar-refractivity contribution in [2.24, 2.45) is 11.7 Å². The van der Waals surface area contributed by atoms with E-state index in [1.54, 1.807) is 7.11 Å². The van der Waals surface area contributed by atoms with Gasteiger partial charge in [-0.15, -0.1) is 0 Å². The maximum atomic E-state index is 12.9. The molecule has 2 amide bonds. The molecule has 25 heavy (non-hydrogen) atoms. The molecule has 1 aliphatic rings. The van der Waals surface area contributed by atoms with E-state index >= 15 is 0 Å². The lowest BCUT2D eigenvalue weighted by Crippen LogP contribution is -2.50. The van der Waals surface area contributed by atoms with Crippen molar-refractivity contribution in [3.63, 3.8) is 0 Å². The van der Waals surface area contributed by atoms with Gasteiger partial charge in [-0.05, 0) is 36.5 Å². The Kier molecular flexibility index (Phi) is 6.82. The number of nitrogens with zero attached hydrogens (tertiary/aromatic N) is 1. The molecule has 138 valence electrons. The average molecular weight is 347 g/mol. The zero-order chi connectivity index (χ0) is 18.4. The van der Waals surface area contributed by atoms with E-state index in [9.17, 15) is 9.59 Å². The van der Waals surface area contributed by atoms with Crippen LogP contribution < -0.4 is 15.8 Å². The zero-order valence-electron chi connectivity index (χ0n) is 15.3. The topological polar surface area (TPSA) is 84.7 Å². The molecule has 1 aromatic rings. The number of piperidine rings is 1. The predicted octanol–water partition coefficient (Wildman–Crippen LogP) is 1.85. The summed E-state index contributed by atoms with van der Waals surface area (Å²) in [6.07, 6.45) is 2.17. The fourth-order valence-electron chi connectivity index (χ4n) is 3.43. The van der Waals surface area contributed by atoms with E-state index in [2.05, 4.69) is 12.2 Å². The first-order valence-corrected chi connectivity index (χ1v) is 8.85. The monoisotopic (exact) mass is 347 g/mol. The number of amides is 2. The highest BCUT2D eigenvalue weighted by Gasteiger charge is 2.30. The minimum absolute atomic E-state index is 0.0388. The van der Waals surface area contributed by atoms with Crippen molar-refractivity contribution in [1.82, 2.24) is 10.2 Å². The molecule has 1 fully saturated rings. The third-order valence-electron chi connectivity index (χ3n) is 4.84. The number of ether oxygens (including phenoxy) is 1. The summed E-state index contributed by atoms with van der Waals surface area (Å²) in [5.41, 5.74) is 6.76. The van der Waals surface area contributed by atoms with E-state index in [4.69, 9.17) is 10.5 Å². The van der Waals surface area contributed by atoms with Crippen LogP contribution in [0.25, 0.3) is 0 Å². The Labute approximate surface area is 149 Å². The minimum Gasteiger partial charge on any atom is -0.497 e. The molecule has 1 aromatic carbocycles. The van der Waals surface area contributed by atoms with Crippen LogP contribution in [0.1, 0.15) is 44.7 Å². The Hall–Kier alpha value is -2.08. The van der Waals surface area contributed by atoms with Gasteiger partial charge in [-0.1, -0.05) is 19.1 Å². The minimum atomic E-state index is -0.353. The van der Waals surface area contributed by atoms with Crippen molar-refractivity contribution in [2.45, 2.75) is 45.2 Å². The van der Waals surface area contributed by atoms with Crippen LogP contribution in [0.15, 0.2) is 24.3 Å². The molecule has 6 nitrogen and oxygen atoms in total. The first-order chi connectivity index (χ1) is 11.9. The molecule has 6 heteroatoms. The molecule has 0 aromatic heterocycles. The maximum Gasteiger partial charge on any atom is 0.225 e. The maximum absolute atomic E-state index is 12.9. The van der Waals surface area contributed by atoms with Crippen molar-refractivity contribution < 1.29 is 14.3 Å². The highest BCUT2D eigenvalue weighted by molar-refractivity contribution is 5.79. The quantitative estimate of drug-likeness (QED) is 0.822. The normalized spacial score (nSPS) is 21.5. The molecule has 0 radical (unpaired) electrons.